The third-order valence-corrected chi connectivity index (χ3v) is 7.44. The summed E-state index contributed by atoms with van der Waals surface area (Å²) in [7, 11) is 0. The van der Waals surface area contributed by atoms with Gasteiger partial charge in [0.15, 0.2) is 0 Å². The van der Waals surface area contributed by atoms with E-state index in [2.05, 4.69) is 10.3 Å². The Bertz CT molecular complexity index is 919. The monoisotopic (exact) mass is 483 g/mol. The van der Waals surface area contributed by atoms with Gasteiger partial charge in [-0.05, 0) is 50.7 Å². The Kier molecular flexibility index (Phi) is 7.19. The summed E-state index contributed by atoms with van der Waals surface area (Å²) in [6.07, 6.45) is -0.242. The van der Waals surface area contributed by atoms with E-state index in [1.807, 2.05) is 0 Å². The number of amides is 1. The van der Waals surface area contributed by atoms with Crippen LogP contribution in [0.1, 0.15) is 62.8 Å². The largest absolute Gasteiger partial charge is 0.462 e. The maximum atomic E-state index is 13.9. The molecule has 2 aliphatic heterocycles. The van der Waals surface area contributed by atoms with Crippen molar-refractivity contribution in [3.05, 3.63) is 29.1 Å². The summed E-state index contributed by atoms with van der Waals surface area (Å²) in [4.78, 5) is 31.3. The quantitative estimate of drug-likeness (QED) is 0.648. The van der Waals surface area contributed by atoms with Gasteiger partial charge < -0.3 is 19.7 Å². The second kappa shape index (κ2) is 9.81. The first-order valence-electron chi connectivity index (χ1n) is 11.9. The van der Waals surface area contributed by atoms with Crippen molar-refractivity contribution < 1.29 is 32.2 Å². The lowest BCUT2D eigenvalue weighted by atomic mass is 9.78. The third-order valence-electron chi connectivity index (χ3n) is 7.44. The number of pyridine rings is 1. The van der Waals surface area contributed by atoms with Gasteiger partial charge >= 0.3 is 12.1 Å². The van der Waals surface area contributed by atoms with Gasteiger partial charge in [-0.1, -0.05) is 0 Å². The minimum atomic E-state index is -4.49. The summed E-state index contributed by atoms with van der Waals surface area (Å²) in [5.74, 6) is -0.621. The molecule has 34 heavy (non-hydrogen) atoms. The Morgan fingerprint density at radius 3 is 2.68 bits per heavy atom. The van der Waals surface area contributed by atoms with Crippen LogP contribution in [0.25, 0.3) is 0 Å². The molecule has 2 fully saturated rings. The van der Waals surface area contributed by atoms with Gasteiger partial charge in [-0.3, -0.25) is 14.6 Å². The molecule has 10 heteroatoms. The van der Waals surface area contributed by atoms with Crippen LogP contribution in [0.2, 0.25) is 0 Å². The second-order valence-corrected chi connectivity index (χ2v) is 9.71. The molecule has 1 amide bonds. The first-order valence-corrected chi connectivity index (χ1v) is 11.9. The van der Waals surface area contributed by atoms with Crippen molar-refractivity contribution in [2.24, 2.45) is 5.41 Å². The smallest absolute Gasteiger partial charge is 0.417 e. The van der Waals surface area contributed by atoms with Crippen molar-refractivity contribution >= 4 is 11.9 Å². The zero-order valence-corrected chi connectivity index (χ0v) is 19.6. The van der Waals surface area contributed by atoms with Crippen LogP contribution >= 0.6 is 0 Å². The molecule has 1 aromatic heterocycles. The average Bonchev–Trinajstić information content (AvgIpc) is 3.22. The molecule has 3 heterocycles. The second-order valence-electron chi connectivity index (χ2n) is 9.71. The highest BCUT2D eigenvalue weighted by atomic mass is 19.4. The number of rotatable bonds is 5. The van der Waals surface area contributed by atoms with Crippen LogP contribution in [0.15, 0.2) is 12.3 Å². The van der Waals surface area contributed by atoms with Crippen LogP contribution in [0.5, 0.6) is 0 Å². The summed E-state index contributed by atoms with van der Waals surface area (Å²) in [6, 6.07) is 1.51. The van der Waals surface area contributed by atoms with Gasteiger partial charge in [0.2, 0.25) is 5.91 Å². The van der Waals surface area contributed by atoms with Gasteiger partial charge in [-0.15, -0.1) is 0 Å². The van der Waals surface area contributed by atoms with E-state index >= 15 is 0 Å². The lowest BCUT2D eigenvalue weighted by molar-refractivity contribution is -0.162. The molecule has 188 valence electrons. The number of aromatic nitrogens is 1. The van der Waals surface area contributed by atoms with Crippen LogP contribution in [-0.2, 0) is 38.2 Å². The van der Waals surface area contributed by atoms with Crippen molar-refractivity contribution in [3.63, 3.8) is 0 Å². The Morgan fingerprint density at radius 1 is 1.26 bits per heavy atom. The van der Waals surface area contributed by atoms with E-state index < -0.39 is 29.2 Å². The molecule has 4 rings (SSSR count). The number of nitrogens with one attached hydrogen (secondary N) is 1. The molecule has 0 bridgehead atoms. The number of halogens is 3. The Morgan fingerprint density at radius 2 is 2.00 bits per heavy atom. The predicted octanol–water partition coefficient (Wildman–Crippen LogP) is 3.24. The van der Waals surface area contributed by atoms with Crippen molar-refractivity contribution in [3.8, 4) is 0 Å². The maximum Gasteiger partial charge on any atom is 0.417 e. The molecule has 0 radical (unpaired) electrons. The molecule has 7 nitrogen and oxygen atoms in total. The highest BCUT2D eigenvalue weighted by Crippen LogP contribution is 2.45. The van der Waals surface area contributed by atoms with Gasteiger partial charge in [0.05, 0.1) is 11.0 Å². The number of nitrogens with zero attached hydrogens (tertiary/aromatic N) is 2. The lowest BCUT2D eigenvalue weighted by Crippen LogP contribution is -2.52. The highest BCUT2D eigenvalue weighted by Gasteiger charge is 2.53. The van der Waals surface area contributed by atoms with Gasteiger partial charge in [0, 0.05) is 63.6 Å². The normalized spacial score (nSPS) is 26.7. The topological polar surface area (TPSA) is 80.8 Å². The third kappa shape index (κ3) is 5.22. The number of carbonyl (C=O) groups is 2. The molecule has 3 aliphatic rings. The van der Waals surface area contributed by atoms with E-state index in [1.54, 1.807) is 11.8 Å². The minimum absolute atomic E-state index is 0.0671. The number of fused-ring (bicyclic) bond motifs is 1. The number of alkyl halides is 3. The molecule has 0 spiro atoms. The number of esters is 1. The molecule has 0 unspecified atom stereocenters. The summed E-state index contributed by atoms with van der Waals surface area (Å²) in [5.41, 5.74) is -0.726. The minimum Gasteiger partial charge on any atom is -0.462 e. The van der Waals surface area contributed by atoms with Gasteiger partial charge in [0.1, 0.15) is 6.10 Å². The first kappa shape index (κ1) is 24.9. The van der Waals surface area contributed by atoms with E-state index in [0.29, 0.717) is 56.3 Å². The number of carbonyl (C=O) groups excluding carboxylic acids is 2. The van der Waals surface area contributed by atoms with Crippen LogP contribution in [0, 0.1) is 5.41 Å². The van der Waals surface area contributed by atoms with Gasteiger partial charge in [-0.2, -0.15) is 13.2 Å². The van der Waals surface area contributed by atoms with Crippen molar-refractivity contribution in [1.29, 1.82) is 0 Å². The van der Waals surface area contributed by atoms with Crippen molar-refractivity contribution in [2.75, 3.05) is 19.8 Å². The zero-order valence-electron chi connectivity index (χ0n) is 19.6. The SMILES string of the molecule is CC(=O)O[C@@H](C)[C@]1(C(=O)N2CCc3ncc(C(F)(F)F)cc3C2)CC[C@@H](NC2CCOCC2)C1. The average molecular weight is 484 g/mol. The fraction of sp³-hybridized carbons (Fsp3) is 0.708. The summed E-state index contributed by atoms with van der Waals surface area (Å²) < 4.78 is 50.6. The van der Waals surface area contributed by atoms with Crippen LogP contribution in [-0.4, -0.2) is 59.7 Å². The summed E-state index contributed by atoms with van der Waals surface area (Å²) in [6.45, 7) is 4.92. The lowest BCUT2D eigenvalue weighted by Gasteiger charge is -2.40. The fourth-order valence-electron chi connectivity index (χ4n) is 5.58. The van der Waals surface area contributed by atoms with E-state index in [1.165, 1.54) is 6.92 Å². The molecule has 1 N–H and O–H groups in total. The molecule has 1 saturated carbocycles. The van der Waals surface area contributed by atoms with E-state index in [4.69, 9.17) is 9.47 Å². The first-order chi connectivity index (χ1) is 16.1. The van der Waals surface area contributed by atoms with E-state index in [-0.39, 0.29) is 18.5 Å². The number of ether oxygens (including phenoxy) is 2. The highest BCUT2D eigenvalue weighted by molar-refractivity contribution is 5.84. The van der Waals surface area contributed by atoms with Crippen LogP contribution in [0.4, 0.5) is 13.2 Å². The molecule has 1 saturated heterocycles. The van der Waals surface area contributed by atoms with Gasteiger partial charge in [-0.25, -0.2) is 0 Å². The molecule has 3 atom stereocenters. The summed E-state index contributed by atoms with van der Waals surface area (Å²) >= 11 is 0. The van der Waals surface area contributed by atoms with Crippen LogP contribution < -0.4 is 5.32 Å². The molecular formula is C24H32F3N3O4. The molecule has 0 aromatic carbocycles. The fourth-order valence-corrected chi connectivity index (χ4v) is 5.58. The molecular weight excluding hydrogens is 451 g/mol. The molecule has 1 aliphatic carbocycles. The number of hydrogen-bond acceptors (Lipinski definition) is 6. The van der Waals surface area contributed by atoms with E-state index in [9.17, 15) is 22.8 Å². The maximum absolute atomic E-state index is 13.9. The predicted molar refractivity (Wildman–Crippen MR) is 117 cm³/mol. The zero-order chi connectivity index (χ0) is 24.5. The Balaban J connectivity index is 1.54. The van der Waals surface area contributed by atoms with Crippen LogP contribution in [0.3, 0.4) is 0 Å². The Labute approximate surface area is 197 Å². The molecule has 1 aromatic rings. The van der Waals surface area contributed by atoms with E-state index in [0.717, 1.165) is 31.5 Å². The standard InChI is InChI=1S/C24H32F3N3O4/c1-15(34-16(2)31)23(7-3-20(12-23)29-19-5-9-33-10-6-19)22(32)30-8-4-21-17(14-30)11-18(13-28-21)24(25,26)27/h11,13,15,19-20,29H,3-10,12,14H2,1-2H3/t15-,20+,23-/m0/s1. The summed E-state index contributed by atoms with van der Waals surface area (Å²) in [5, 5.41) is 3.65. The van der Waals surface area contributed by atoms with Crippen molar-refractivity contribution in [1.82, 2.24) is 15.2 Å². The van der Waals surface area contributed by atoms with Crippen molar-refractivity contribution in [2.45, 2.75) is 83.3 Å². The van der Waals surface area contributed by atoms with Gasteiger partial charge in [0.25, 0.3) is 0 Å². The number of hydrogen-bond donors (Lipinski definition) is 1. The Hall–Kier alpha value is -2.20.